The molecule has 3 heteroatoms. The Balaban J connectivity index is 1.92. The van der Waals surface area contributed by atoms with Gasteiger partial charge in [-0.15, -0.1) is 0 Å². The third kappa shape index (κ3) is 2.48. The fourth-order valence-electron chi connectivity index (χ4n) is 1.84. The second-order valence-electron chi connectivity index (χ2n) is 4.05. The van der Waals surface area contributed by atoms with Gasteiger partial charge in [-0.2, -0.15) is 0 Å². The van der Waals surface area contributed by atoms with E-state index in [1.165, 1.54) is 0 Å². The Morgan fingerprint density at radius 3 is 2.62 bits per heavy atom. The maximum atomic E-state index is 11.7. The molecule has 1 unspecified atom stereocenters. The van der Waals surface area contributed by atoms with E-state index < -0.39 is 0 Å². The normalized spacial score (nSPS) is 17.3. The lowest BCUT2D eigenvalue weighted by atomic mass is 10.0. The molecule has 0 aromatic carbocycles. The Hall–Kier alpha value is -1.64. The van der Waals surface area contributed by atoms with E-state index in [9.17, 15) is 4.79 Å². The average molecular weight is 217 g/mol. The van der Waals surface area contributed by atoms with Crippen molar-refractivity contribution in [3.8, 4) is 0 Å². The number of rotatable bonds is 3. The smallest absolute Gasteiger partial charge is 0.338 e. The van der Waals surface area contributed by atoms with E-state index in [0.717, 1.165) is 12.8 Å². The van der Waals surface area contributed by atoms with Crippen molar-refractivity contribution >= 4 is 5.97 Å². The van der Waals surface area contributed by atoms with Crippen LogP contribution in [0.2, 0.25) is 0 Å². The van der Waals surface area contributed by atoms with Gasteiger partial charge in [0.1, 0.15) is 6.10 Å². The highest BCUT2D eigenvalue weighted by Gasteiger charge is 2.22. The van der Waals surface area contributed by atoms with Crippen LogP contribution in [0.4, 0.5) is 0 Å². The first-order valence-corrected chi connectivity index (χ1v) is 5.53. The van der Waals surface area contributed by atoms with Gasteiger partial charge in [-0.3, -0.25) is 4.98 Å². The van der Waals surface area contributed by atoms with E-state index in [4.69, 9.17) is 4.74 Å². The third-order valence-corrected chi connectivity index (χ3v) is 2.92. The molecule has 3 nitrogen and oxygen atoms in total. The van der Waals surface area contributed by atoms with Gasteiger partial charge in [0.15, 0.2) is 0 Å². The average Bonchev–Trinajstić information content (AvgIpc) is 2.83. The highest BCUT2D eigenvalue weighted by atomic mass is 16.5. The molecule has 0 spiro atoms. The Kier molecular flexibility index (Phi) is 3.34. The molecule has 0 N–H and O–H groups in total. The molecular weight excluding hydrogens is 202 g/mol. The zero-order chi connectivity index (χ0) is 11.4. The maximum absolute atomic E-state index is 11.7. The molecule has 0 radical (unpaired) electrons. The van der Waals surface area contributed by atoms with Crippen molar-refractivity contribution in [2.24, 2.45) is 5.92 Å². The summed E-state index contributed by atoms with van der Waals surface area (Å²) < 4.78 is 5.41. The van der Waals surface area contributed by atoms with Crippen LogP contribution in [-0.4, -0.2) is 17.1 Å². The number of allylic oxidation sites excluding steroid dienone is 2. The summed E-state index contributed by atoms with van der Waals surface area (Å²) in [5.74, 6) is 0.174. The number of carbonyl (C=O) groups excluding carboxylic acids is 1. The fourth-order valence-corrected chi connectivity index (χ4v) is 1.84. The standard InChI is InChI=1S/C13H15NO2/c1-10(11-4-2-3-5-11)16-13(15)12-6-8-14-9-7-12/h2-3,6-11H,4-5H2,1H3. The molecule has 16 heavy (non-hydrogen) atoms. The molecule has 84 valence electrons. The molecule has 0 aliphatic heterocycles. The topological polar surface area (TPSA) is 39.2 Å². The van der Waals surface area contributed by atoms with Crippen LogP contribution in [0.15, 0.2) is 36.7 Å². The summed E-state index contributed by atoms with van der Waals surface area (Å²) in [4.78, 5) is 15.6. The lowest BCUT2D eigenvalue weighted by Gasteiger charge is -2.19. The van der Waals surface area contributed by atoms with E-state index in [-0.39, 0.29) is 12.1 Å². The summed E-state index contributed by atoms with van der Waals surface area (Å²) in [5.41, 5.74) is 0.563. The number of carbonyl (C=O) groups is 1. The molecule has 2 rings (SSSR count). The van der Waals surface area contributed by atoms with E-state index in [2.05, 4.69) is 17.1 Å². The van der Waals surface area contributed by atoms with E-state index in [1.807, 2.05) is 6.92 Å². The number of esters is 1. The van der Waals surface area contributed by atoms with Gasteiger partial charge in [0.05, 0.1) is 5.56 Å². The number of aromatic nitrogens is 1. The van der Waals surface area contributed by atoms with Gasteiger partial charge < -0.3 is 4.74 Å². The van der Waals surface area contributed by atoms with Gasteiger partial charge >= 0.3 is 5.97 Å². The van der Waals surface area contributed by atoms with Crippen molar-refractivity contribution in [2.45, 2.75) is 25.9 Å². The Morgan fingerprint density at radius 1 is 1.38 bits per heavy atom. The van der Waals surface area contributed by atoms with Crippen molar-refractivity contribution in [3.05, 3.63) is 42.2 Å². The predicted octanol–water partition coefficient (Wildman–Crippen LogP) is 2.59. The van der Waals surface area contributed by atoms with Crippen LogP contribution in [0.3, 0.4) is 0 Å². The minimum atomic E-state index is -0.262. The molecule has 1 aromatic heterocycles. The van der Waals surface area contributed by atoms with Crippen LogP contribution < -0.4 is 0 Å². The van der Waals surface area contributed by atoms with Crippen LogP contribution in [0.25, 0.3) is 0 Å². The van der Waals surface area contributed by atoms with Gasteiger partial charge in [0.25, 0.3) is 0 Å². The summed E-state index contributed by atoms with van der Waals surface area (Å²) in [6, 6.07) is 3.34. The number of ether oxygens (including phenoxy) is 1. The van der Waals surface area contributed by atoms with Crippen molar-refractivity contribution in [1.82, 2.24) is 4.98 Å². The van der Waals surface area contributed by atoms with Crippen LogP contribution in [-0.2, 0) is 4.74 Å². The van der Waals surface area contributed by atoms with Crippen LogP contribution in [0.1, 0.15) is 30.1 Å². The number of hydrogen-bond donors (Lipinski definition) is 0. The Labute approximate surface area is 95.2 Å². The molecule has 1 aliphatic rings. The predicted molar refractivity (Wildman–Crippen MR) is 61.0 cm³/mol. The molecule has 0 bridgehead atoms. The second-order valence-corrected chi connectivity index (χ2v) is 4.05. The largest absolute Gasteiger partial charge is 0.459 e. The van der Waals surface area contributed by atoms with Gasteiger partial charge in [0.2, 0.25) is 0 Å². The summed E-state index contributed by atoms with van der Waals surface area (Å²) in [6.07, 6.45) is 9.45. The molecule has 1 aliphatic carbocycles. The van der Waals surface area contributed by atoms with Crippen LogP contribution in [0.5, 0.6) is 0 Å². The molecule has 0 amide bonds. The molecule has 0 fully saturated rings. The van der Waals surface area contributed by atoms with Crippen LogP contribution >= 0.6 is 0 Å². The van der Waals surface area contributed by atoms with E-state index in [1.54, 1.807) is 24.5 Å². The molecule has 1 atom stereocenters. The first kappa shape index (κ1) is 10.9. The lowest BCUT2D eigenvalue weighted by molar-refractivity contribution is 0.0211. The van der Waals surface area contributed by atoms with E-state index >= 15 is 0 Å². The SMILES string of the molecule is CC(OC(=O)c1ccncc1)C1CC=CC1. The minimum Gasteiger partial charge on any atom is -0.459 e. The maximum Gasteiger partial charge on any atom is 0.338 e. The monoisotopic (exact) mass is 217 g/mol. The highest BCUT2D eigenvalue weighted by Crippen LogP contribution is 2.23. The first-order chi connectivity index (χ1) is 7.77. The molecule has 0 saturated heterocycles. The number of hydrogen-bond acceptors (Lipinski definition) is 3. The number of nitrogens with zero attached hydrogens (tertiary/aromatic N) is 1. The highest BCUT2D eigenvalue weighted by molar-refractivity contribution is 5.89. The van der Waals surface area contributed by atoms with Gasteiger partial charge in [-0.05, 0) is 31.9 Å². The lowest BCUT2D eigenvalue weighted by Crippen LogP contribution is -2.22. The zero-order valence-electron chi connectivity index (χ0n) is 9.30. The minimum absolute atomic E-state index is 0.0318. The Morgan fingerprint density at radius 2 is 2.00 bits per heavy atom. The van der Waals surface area contributed by atoms with Gasteiger partial charge in [0, 0.05) is 18.3 Å². The van der Waals surface area contributed by atoms with E-state index in [0.29, 0.717) is 11.5 Å². The van der Waals surface area contributed by atoms with Crippen molar-refractivity contribution in [2.75, 3.05) is 0 Å². The Bertz CT molecular complexity index is 378. The van der Waals surface area contributed by atoms with Gasteiger partial charge in [-0.1, -0.05) is 12.2 Å². The molecule has 0 saturated carbocycles. The quantitative estimate of drug-likeness (QED) is 0.577. The summed E-state index contributed by atoms with van der Waals surface area (Å²) in [5, 5.41) is 0. The summed E-state index contributed by atoms with van der Waals surface area (Å²) >= 11 is 0. The summed E-state index contributed by atoms with van der Waals surface area (Å²) in [7, 11) is 0. The molecular formula is C13H15NO2. The molecule has 1 aromatic rings. The van der Waals surface area contributed by atoms with Gasteiger partial charge in [-0.25, -0.2) is 4.79 Å². The van der Waals surface area contributed by atoms with Crippen LogP contribution in [0, 0.1) is 5.92 Å². The summed E-state index contributed by atoms with van der Waals surface area (Å²) in [6.45, 7) is 1.96. The van der Waals surface area contributed by atoms with Crippen molar-refractivity contribution in [3.63, 3.8) is 0 Å². The first-order valence-electron chi connectivity index (χ1n) is 5.53. The van der Waals surface area contributed by atoms with Crippen molar-refractivity contribution in [1.29, 1.82) is 0 Å². The van der Waals surface area contributed by atoms with Crippen molar-refractivity contribution < 1.29 is 9.53 Å². The molecule has 1 heterocycles. The number of pyridine rings is 1. The third-order valence-electron chi connectivity index (χ3n) is 2.92. The second kappa shape index (κ2) is 4.92. The zero-order valence-corrected chi connectivity index (χ0v) is 9.30. The fraction of sp³-hybridized carbons (Fsp3) is 0.385.